The van der Waals surface area contributed by atoms with Crippen molar-refractivity contribution in [3.63, 3.8) is 0 Å². The number of carbonyl (C=O) groups is 1. The molecular formula is C15H20N6O4S. The Kier molecular flexibility index (Phi) is 5.18. The molecule has 1 fully saturated rings. The number of morpholine rings is 1. The molecule has 0 spiro atoms. The summed E-state index contributed by atoms with van der Waals surface area (Å²) in [6, 6.07) is 5.24. The molecule has 0 radical (unpaired) electrons. The van der Waals surface area contributed by atoms with Gasteiger partial charge in [-0.05, 0) is 35.0 Å². The van der Waals surface area contributed by atoms with Gasteiger partial charge in [0, 0.05) is 13.1 Å². The molecule has 10 nitrogen and oxygen atoms in total. The maximum absolute atomic E-state index is 12.6. The molecule has 2 heterocycles. The Bertz CT molecular complexity index is 878. The average molecular weight is 380 g/mol. The number of hydrogen-bond acceptors (Lipinski definition) is 7. The lowest BCUT2D eigenvalue weighted by molar-refractivity contribution is -0.133. The van der Waals surface area contributed by atoms with Crippen LogP contribution in [0.4, 0.5) is 5.69 Å². The Morgan fingerprint density at radius 3 is 2.65 bits per heavy atom. The monoisotopic (exact) mass is 380 g/mol. The van der Waals surface area contributed by atoms with Crippen molar-refractivity contribution in [1.82, 2.24) is 25.1 Å². The summed E-state index contributed by atoms with van der Waals surface area (Å²) in [5.41, 5.74) is 1.67. The first-order valence-electron chi connectivity index (χ1n) is 8.03. The van der Waals surface area contributed by atoms with Crippen LogP contribution in [0.2, 0.25) is 0 Å². The van der Waals surface area contributed by atoms with Gasteiger partial charge in [0.05, 0.1) is 30.8 Å². The molecule has 1 aromatic carbocycles. The van der Waals surface area contributed by atoms with Gasteiger partial charge in [-0.15, -0.1) is 5.10 Å². The van der Waals surface area contributed by atoms with Gasteiger partial charge in [0.1, 0.15) is 12.9 Å². The molecular weight excluding hydrogens is 360 g/mol. The lowest BCUT2D eigenvalue weighted by atomic mass is 10.2. The van der Waals surface area contributed by atoms with Crippen LogP contribution in [-0.4, -0.2) is 78.5 Å². The first-order valence-corrected chi connectivity index (χ1v) is 9.88. The van der Waals surface area contributed by atoms with Gasteiger partial charge in [-0.3, -0.25) is 9.10 Å². The van der Waals surface area contributed by atoms with Crippen molar-refractivity contribution in [2.75, 3.05) is 43.4 Å². The third-order valence-electron chi connectivity index (χ3n) is 4.04. The van der Waals surface area contributed by atoms with Crippen LogP contribution in [0, 0.1) is 6.92 Å². The summed E-state index contributed by atoms with van der Waals surface area (Å²) in [6.07, 6.45) is 2.45. The van der Waals surface area contributed by atoms with Gasteiger partial charge in [-0.2, -0.15) is 4.68 Å². The average Bonchev–Trinajstić information content (AvgIpc) is 3.13. The van der Waals surface area contributed by atoms with E-state index in [-0.39, 0.29) is 12.5 Å². The van der Waals surface area contributed by atoms with Crippen molar-refractivity contribution in [3.05, 3.63) is 30.1 Å². The van der Waals surface area contributed by atoms with Gasteiger partial charge in [0.2, 0.25) is 15.9 Å². The van der Waals surface area contributed by atoms with Crippen molar-refractivity contribution in [1.29, 1.82) is 0 Å². The van der Waals surface area contributed by atoms with Crippen LogP contribution in [0.1, 0.15) is 5.56 Å². The Morgan fingerprint density at radius 2 is 2.04 bits per heavy atom. The van der Waals surface area contributed by atoms with Crippen molar-refractivity contribution >= 4 is 21.6 Å². The van der Waals surface area contributed by atoms with Crippen LogP contribution in [-0.2, 0) is 19.6 Å². The van der Waals surface area contributed by atoms with Crippen LogP contribution >= 0.6 is 0 Å². The molecule has 3 rings (SSSR count). The van der Waals surface area contributed by atoms with E-state index in [1.165, 1.54) is 11.0 Å². The van der Waals surface area contributed by atoms with Crippen LogP contribution in [0.5, 0.6) is 0 Å². The lowest BCUT2D eigenvalue weighted by Gasteiger charge is -2.30. The number of nitrogens with zero attached hydrogens (tertiary/aromatic N) is 6. The SMILES string of the molecule is Cc1ccc(-n2cnnn2)c(N(CC(=O)N2CCOCC2)S(C)(=O)=O)c1. The molecule has 26 heavy (non-hydrogen) atoms. The summed E-state index contributed by atoms with van der Waals surface area (Å²) < 4.78 is 32.6. The second-order valence-electron chi connectivity index (χ2n) is 6.01. The van der Waals surface area contributed by atoms with Crippen molar-refractivity contribution < 1.29 is 17.9 Å². The minimum Gasteiger partial charge on any atom is -0.378 e. The van der Waals surface area contributed by atoms with Crippen molar-refractivity contribution in [2.45, 2.75) is 6.92 Å². The quantitative estimate of drug-likeness (QED) is 0.694. The number of benzene rings is 1. The number of rotatable bonds is 5. The van der Waals surface area contributed by atoms with E-state index in [2.05, 4.69) is 15.5 Å². The Hall–Kier alpha value is -2.53. The van der Waals surface area contributed by atoms with Crippen molar-refractivity contribution in [3.8, 4) is 5.69 Å². The number of aromatic nitrogens is 4. The molecule has 0 saturated carbocycles. The molecule has 1 aliphatic rings. The summed E-state index contributed by atoms with van der Waals surface area (Å²) in [4.78, 5) is 14.2. The molecule has 140 valence electrons. The third kappa shape index (κ3) is 3.99. The second kappa shape index (κ2) is 7.38. The minimum atomic E-state index is -3.71. The number of tetrazole rings is 1. The predicted molar refractivity (Wildman–Crippen MR) is 93.5 cm³/mol. The van der Waals surface area contributed by atoms with Gasteiger partial charge >= 0.3 is 0 Å². The summed E-state index contributed by atoms with van der Waals surface area (Å²) >= 11 is 0. The molecule has 0 atom stereocenters. The van der Waals surface area contributed by atoms with Gasteiger partial charge in [-0.1, -0.05) is 6.07 Å². The smallest absolute Gasteiger partial charge is 0.243 e. The topological polar surface area (TPSA) is 111 Å². The molecule has 1 aliphatic heterocycles. The summed E-state index contributed by atoms with van der Waals surface area (Å²) in [5.74, 6) is -0.275. The molecule has 1 aromatic heterocycles. The minimum absolute atomic E-state index is 0.275. The number of amides is 1. The van der Waals surface area contributed by atoms with Crippen LogP contribution < -0.4 is 4.31 Å². The molecule has 0 bridgehead atoms. The Morgan fingerprint density at radius 1 is 1.31 bits per heavy atom. The molecule has 1 amide bonds. The van der Waals surface area contributed by atoms with E-state index in [1.807, 2.05) is 13.0 Å². The highest BCUT2D eigenvalue weighted by molar-refractivity contribution is 7.92. The zero-order chi connectivity index (χ0) is 18.7. The third-order valence-corrected chi connectivity index (χ3v) is 5.16. The van der Waals surface area contributed by atoms with E-state index in [0.717, 1.165) is 16.1 Å². The van der Waals surface area contributed by atoms with Gasteiger partial charge < -0.3 is 9.64 Å². The van der Waals surface area contributed by atoms with E-state index in [9.17, 15) is 13.2 Å². The molecule has 0 unspecified atom stereocenters. The maximum Gasteiger partial charge on any atom is 0.243 e. The van der Waals surface area contributed by atoms with E-state index in [4.69, 9.17) is 4.74 Å². The first-order chi connectivity index (χ1) is 12.4. The first kappa shape index (κ1) is 18.3. The van der Waals surface area contributed by atoms with Gasteiger partial charge in [0.25, 0.3) is 0 Å². The number of carbonyl (C=O) groups excluding carboxylic acids is 1. The highest BCUT2D eigenvalue weighted by Gasteiger charge is 2.27. The number of aryl methyl sites for hydroxylation is 1. The van der Waals surface area contributed by atoms with E-state index < -0.39 is 10.0 Å². The number of hydrogen-bond donors (Lipinski definition) is 0. The van der Waals surface area contributed by atoms with E-state index in [0.29, 0.717) is 37.7 Å². The molecule has 0 N–H and O–H groups in total. The fraction of sp³-hybridized carbons (Fsp3) is 0.467. The molecule has 0 aliphatic carbocycles. The van der Waals surface area contributed by atoms with Gasteiger partial charge in [-0.25, -0.2) is 8.42 Å². The van der Waals surface area contributed by atoms with Crippen LogP contribution in [0.15, 0.2) is 24.5 Å². The molecule has 2 aromatic rings. The fourth-order valence-electron chi connectivity index (χ4n) is 2.72. The van der Waals surface area contributed by atoms with E-state index in [1.54, 1.807) is 17.0 Å². The molecule has 1 saturated heterocycles. The predicted octanol–water partition coefficient (Wildman–Crippen LogP) is -0.404. The Balaban J connectivity index is 1.98. The van der Waals surface area contributed by atoms with Crippen LogP contribution in [0.3, 0.4) is 0 Å². The normalized spacial score (nSPS) is 15.1. The largest absolute Gasteiger partial charge is 0.378 e. The summed E-state index contributed by atoms with van der Waals surface area (Å²) in [7, 11) is -3.71. The van der Waals surface area contributed by atoms with Crippen LogP contribution in [0.25, 0.3) is 5.69 Å². The number of sulfonamides is 1. The standard InChI is InChI=1S/C15H20N6O4S/c1-12-3-4-13(20-11-16-17-18-20)14(9-12)21(26(2,23)24)10-15(22)19-5-7-25-8-6-19/h3-4,9,11H,5-8,10H2,1-2H3. The lowest BCUT2D eigenvalue weighted by Crippen LogP contribution is -2.47. The highest BCUT2D eigenvalue weighted by atomic mass is 32.2. The highest BCUT2D eigenvalue weighted by Crippen LogP contribution is 2.27. The van der Waals surface area contributed by atoms with Crippen molar-refractivity contribution in [2.24, 2.45) is 0 Å². The molecule has 11 heteroatoms. The van der Waals surface area contributed by atoms with E-state index >= 15 is 0 Å². The second-order valence-corrected chi connectivity index (χ2v) is 7.92. The Labute approximate surface area is 151 Å². The summed E-state index contributed by atoms with van der Waals surface area (Å²) in [5, 5.41) is 11.0. The number of ether oxygens (including phenoxy) is 1. The number of anilines is 1. The summed E-state index contributed by atoms with van der Waals surface area (Å²) in [6.45, 7) is 3.35. The zero-order valence-electron chi connectivity index (χ0n) is 14.6. The maximum atomic E-state index is 12.6. The fourth-order valence-corrected chi connectivity index (χ4v) is 3.56. The van der Waals surface area contributed by atoms with Gasteiger partial charge in [0.15, 0.2) is 0 Å². The zero-order valence-corrected chi connectivity index (χ0v) is 15.4.